The number of nitrogens with zero attached hydrogens (tertiary/aromatic N) is 3. The number of fused-ring (bicyclic) bond motifs is 1. The maximum Gasteiger partial charge on any atom is 0.254 e. The molecule has 28 heavy (non-hydrogen) atoms. The summed E-state index contributed by atoms with van der Waals surface area (Å²) in [6.45, 7) is 2.98. The molecule has 0 radical (unpaired) electrons. The zero-order valence-corrected chi connectivity index (χ0v) is 15.6. The lowest BCUT2D eigenvalue weighted by atomic mass is 10.1. The van der Waals surface area contributed by atoms with Crippen LogP contribution in [0.25, 0.3) is 0 Å². The van der Waals surface area contributed by atoms with E-state index in [0.29, 0.717) is 24.2 Å². The molecule has 6 nitrogen and oxygen atoms in total. The van der Waals surface area contributed by atoms with E-state index in [4.69, 9.17) is 5.26 Å². The summed E-state index contributed by atoms with van der Waals surface area (Å²) < 4.78 is 26.7. The van der Waals surface area contributed by atoms with E-state index >= 15 is 0 Å². The van der Waals surface area contributed by atoms with Crippen molar-refractivity contribution in [3.8, 4) is 6.07 Å². The van der Waals surface area contributed by atoms with Gasteiger partial charge in [-0.3, -0.25) is 9.59 Å². The van der Waals surface area contributed by atoms with Crippen LogP contribution in [0.15, 0.2) is 18.2 Å². The smallest absolute Gasteiger partial charge is 0.254 e. The molecule has 1 N–H and O–H groups in total. The molecule has 3 fully saturated rings. The molecule has 1 aromatic rings. The van der Waals surface area contributed by atoms with Crippen LogP contribution in [0.5, 0.6) is 0 Å². The van der Waals surface area contributed by atoms with Crippen molar-refractivity contribution in [3.05, 3.63) is 35.1 Å². The van der Waals surface area contributed by atoms with Crippen molar-refractivity contribution in [3.63, 3.8) is 0 Å². The van der Waals surface area contributed by atoms with Crippen LogP contribution in [0, 0.1) is 35.9 Å². The van der Waals surface area contributed by atoms with Crippen molar-refractivity contribution >= 4 is 11.8 Å². The van der Waals surface area contributed by atoms with Gasteiger partial charge in [-0.2, -0.15) is 5.26 Å². The first kappa shape index (κ1) is 18.8. The molecule has 8 heteroatoms. The number of amides is 2. The van der Waals surface area contributed by atoms with Gasteiger partial charge in [0.05, 0.1) is 19.2 Å². The number of likely N-dealkylation sites (tertiary alicyclic amines) is 2. The Morgan fingerprint density at radius 3 is 2.64 bits per heavy atom. The second kappa shape index (κ2) is 7.13. The fraction of sp³-hybridized carbons (Fsp3) is 0.550. The van der Waals surface area contributed by atoms with Crippen molar-refractivity contribution in [1.29, 1.82) is 5.26 Å². The fourth-order valence-electron chi connectivity index (χ4n) is 4.52. The van der Waals surface area contributed by atoms with Crippen LogP contribution in [0.2, 0.25) is 0 Å². The molecule has 2 saturated heterocycles. The standard InChI is InChI=1S/C20H22F2N4O2/c1-11-4-12(21)2-3-15(11)20(28)25-9-16-17(10-25)19(16)24-7-18(27)26-8-13(22)5-14(26)6-23/h2-4,13-14,16-17,19,24H,5,7-10H2,1H3/t13-,14-,16?,17?,19?/m0/s1. The monoisotopic (exact) mass is 388 g/mol. The lowest BCUT2D eigenvalue weighted by molar-refractivity contribution is -0.130. The van der Waals surface area contributed by atoms with Crippen molar-refractivity contribution in [2.24, 2.45) is 11.8 Å². The molecule has 148 valence electrons. The molecule has 0 bridgehead atoms. The minimum Gasteiger partial charge on any atom is -0.338 e. The maximum absolute atomic E-state index is 13.5. The SMILES string of the molecule is Cc1cc(F)ccc1C(=O)N1CC2C(C1)C2NCC(=O)N1C[C@@H](F)C[C@H]1C#N. The van der Waals surface area contributed by atoms with Crippen molar-refractivity contribution in [1.82, 2.24) is 15.1 Å². The maximum atomic E-state index is 13.5. The van der Waals surface area contributed by atoms with Crippen LogP contribution < -0.4 is 5.32 Å². The van der Waals surface area contributed by atoms with Gasteiger partial charge >= 0.3 is 0 Å². The van der Waals surface area contributed by atoms with Crippen molar-refractivity contribution in [2.75, 3.05) is 26.2 Å². The van der Waals surface area contributed by atoms with E-state index in [1.54, 1.807) is 11.8 Å². The number of piperidine rings is 1. The number of hydrogen-bond donors (Lipinski definition) is 1. The number of aryl methyl sites for hydroxylation is 1. The Morgan fingerprint density at radius 2 is 2.00 bits per heavy atom. The molecule has 2 heterocycles. The highest BCUT2D eigenvalue weighted by atomic mass is 19.1. The lowest BCUT2D eigenvalue weighted by Gasteiger charge is -2.22. The normalized spacial score (nSPS) is 30.9. The van der Waals surface area contributed by atoms with Crippen LogP contribution in [0.4, 0.5) is 8.78 Å². The molecule has 1 aliphatic carbocycles. The molecule has 2 amide bonds. The Kier molecular flexibility index (Phi) is 4.79. The van der Waals surface area contributed by atoms with E-state index in [-0.39, 0.29) is 55.0 Å². The van der Waals surface area contributed by atoms with Gasteiger partial charge in [-0.15, -0.1) is 0 Å². The number of carbonyl (C=O) groups is 2. The highest BCUT2D eigenvalue weighted by molar-refractivity contribution is 5.96. The Morgan fingerprint density at radius 1 is 1.29 bits per heavy atom. The number of halogens is 2. The Labute approximate surface area is 162 Å². The van der Waals surface area contributed by atoms with Gasteiger partial charge in [0.2, 0.25) is 5.91 Å². The number of nitrogens with one attached hydrogen (secondary N) is 1. The zero-order chi connectivity index (χ0) is 20.0. The third-order valence-electron chi connectivity index (χ3n) is 6.11. The van der Waals surface area contributed by atoms with E-state index < -0.39 is 12.2 Å². The molecular weight excluding hydrogens is 366 g/mol. The van der Waals surface area contributed by atoms with Gasteiger partial charge in [0.15, 0.2) is 0 Å². The third-order valence-corrected chi connectivity index (χ3v) is 6.11. The minimum absolute atomic E-state index is 0.0183. The van der Waals surface area contributed by atoms with E-state index in [1.807, 2.05) is 6.07 Å². The van der Waals surface area contributed by atoms with E-state index in [2.05, 4.69) is 5.32 Å². The summed E-state index contributed by atoms with van der Waals surface area (Å²) >= 11 is 0. The molecular formula is C20H22F2N4O2. The number of hydrogen-bond acceptors (Lipinski definition) is 4. The molecule has 2 aliphatic heterocycles. The summed E-state index contributed by atoms with van der Waals surface area (Å²) in [5.41, 5.74) is 1.13. The van der Waals surface area contributed by atoms with E-state index in [0.717, 1.165) is 0 Å². The minimum atomic E-state index is -1.14. The molecule has 4 rings (SSSR count). The van der Waals surface area contributed by atoms with Crippen LogP contribution in [0.1, 0.15) is 22.3 Å². The molecule has 0 spiro atoms. The predicted molar refractivity (Wildman–Crippen MR) is 96.4 cm³/mol. The molecule has 2 unspecified atom stereocenters. The quantitative estimate of drug-likeness (QED) is 0.843. The predicted octanol–water partition coefficient (Wildman–Crippen LogP) is 1.26. The zero-order valence-electron chi connectivity index (χ0n) is 15.6. The van der Waals surface area contributed by atoms with Gasteiger partial charge in [-0.25, -0.2) is 8.78 Å². The highest BCUT2D eigenvalue weighted by Crippen LogP contribution is 2.45. The summed E-state index contributed by atoms with van der Waals surface area (Å²) in [6, 6.07) is 5.62. The number of alkyl halides is 1. The molecule has 0 aromatic heterocycles. The Balaban J connectivity index is 1.27. The van der Waals surface area contributed by atoms with Gasteiger partial charge in [0, 0.05) is 31.1 Å². The number of carbonyl (C=O) groups excluding carboxylic acids is 2. The van der Waals surface area contributed by atoms with Gasteiger partial charge < -0.3 is 15.1 Å². The molecule has 1 saturated carbocycles. The summed E-state index contributed by atoms with van der Waals surface area (Å²) in [6.07, 6.45) is -1.06. The summed E-state index contributed by atoms with van der Waals surface area (Å²) in [5.74, 6) is -0.134. The first-order valence-corrected chi connectivity index (χ1v) is 9.51. The lowest BCUT2D eigenvalue weighted by Crippen LogP contribution is -2.43. The molecule has 3 aliphatic rings. The summed E-state index contributed by atoms with van der Waals surface area (Å²) in [7, 11) is 0. The largest absolute Gasteiger partial charge is 0.338 e. The number of benzene rings is 1. The second-order valence-corrected chi connectivity index (χ2v) is 7.93. The van der Waals surface area contributed by atoms with Gasteiger partial charge in [0.1, 0.15) is 18.0 Å². The Hall–Kier alpha value is -2.53. The first-order valence-electron chi connectivity index (χ1n) is 9.51. The van der Waals surface area contributed by atoms with Crippen molar-refractivity contribution < 1.29 is 18.4 Å². The second-order valence-electron chi connectivity index (χ2n) is 7.93. The summed E-state index contributed by atoms with van der Waals surface area (Å²) in [4.78, 5) is 28.0. The fourth-order valence-corrected chi connectivity index (χ4v) is 4.52. The van der Waals surface area contributed by atoms with Gasteiger partial charge in [-0.1, -0.05) is 0 Å². The van der Waals surface area contributed by atoms with E-state index in [1.165, 1.54) is 23.1 Å². The van der Waals surface area contributed by atoms with E-state index in [9.17, 15) is 18.4 Å². The van der Waals surface area contributed by atoms with Crippen LogP contribution >= 0.6 is 0 Å². The van der Waals surface area contributed by atoms with Crippen LogP contribution in [-0.2, 0) is 4.79 Å². The van der Waals surface area contributed by atoms with Gasteiger partial charge in [0.25, 0.3) is 5.91 Å². The van der Waals surface area contributed by atoms with Crippen molar-refractivity contribution in [2.45, 2.75) is 31.6 Å². The molecule has 1 aromatic carbocycles. The third kappa shape index (κ3) is 3.35. The average Bonchev–Trinajstić information content (AvgIpc) is 2.98. The van der Waals surface area contributed by atoms with Crippen LogP contribution in [0.3, 0.4) is 0 Å². The summed E-state index contributed by atoms with van der Waals surface area (Å²) in [5, 5.41) is 12.2. The van der Waals surface area contributed by atoms with Gasteiger partial charge in [-0.05, 0) is 42.5 Å². The number of nitriles is 1. The highest BCUT2D eigenvalue weighted by Gasteiger charge is 2.56. The number of rotatable bonds is 4. The van der Waals surface area contributed by atoms with Crippen LogP contribution in [-0.4, -0.2) is 66.0 Å². The topological polar surface area (TPSA) is 76.4 Å². The first-order chi connectivity index (χ1) is 13.4. The molecule has 4 atom stereocenters. The average molecular weight is 388 g/mol. The Bertz CT molecular complexity index is 843.